The van der Waals surface area contributed by atoms with Crippen molar-refractivity contribution in [1.29, 1.82) is 0 Å². The van der Waals surface area contributed by atoms with Gasteiger partial charge in [0.25, 0.3) is 0 Å². The fourth-order valence-corrected chi connectivity index (χ4v) is 2.48. The summed E-state index contributed by atoms with van der Waals surface area (Å²) in [5.41, 5.74) is 4.27. The summed E-state index contributed by atoms with van der Waals surface area (Å²) in [6, 6.07) is 7.95. The molecule has 0 bridgehead atoms. The highest BCUT2D eigenvalue weighted by Gasteiger charge is 2.12. The normalized spacial score (nSPS) is 11.8. The average Bonchev–Trinajstić information content (AvgIpc) is 2.66. The molecule has 0 saturated carbocycles. The molecule has 18 heavy (non-hydrogen) atoms. The molecule has 2 heterocycles. The zero-order valence-electron chi connectivity index (χ0n) is 10.8. The van der Waals surface area contributed by atoms with Crippen LogP contribution in [-0.2, 0) is 0 Å². The van der Waals surface area contributed by atoms with E-state index in [0.29, 0.717) is 0 Å². The Hall–Kier alpha value is -2.03. The lowest BCUT2D eigenvalue weighted by Crippen LogP contribution is -2.08. The van der Waals surface area contributed by atoms with E-state index in [-0.39, 0.29) is 11.5 Å². The van der Waals surface area contributed by atoms with Crippen molar-refractivity contribution in [3.63, 3.8) is 0 Å². The van der Waals surface area contributed by atoms with E-state index in [1.165, 1.54) is 5.56 Å². The summed E-state index contributed by atoms with van der Waals surface area (Å²) in [4.78, 5) is 18.1. The van der Waals surface area contributed by atoms with E-state index in [0.717, 1.165) is 27.5 Å². The summed E-state index contributed by atoms with van der Waals surface area (Å²) < 4.78 is 0. The molecular weight excluding hydrogens is 224 g/mol. The van der Waals surface area contributed by atoms with Gasteiger partial charge in [0.05, 0.1) is 5.52 Å². The first-order valence-corrected chi connectivity index (χ1v) is 6.21. The number of rotatable bonds is 1. The van der Waals surface area contributed by atoms with E-state index in [9.17, 15) is 4.79 Å². The molecule has 0 amide bonds. The minimum absolute atomic E-state index is 0.0337. The Morgan fingerprint density at radius 2 is 1.83 bits per heavy atom. The smallest absolute Gasteiger partial charge is 0.248 e. The molecule has 0 radical (unpaired) electrons. The van der Waals surface area contributed by atoms with Gasteiger partial charge in [-0.3, -0.25) is 4.79 Å². The first-order valence-electron chi connectivity index (χ1n) is 6.21. The van der Waals surface area contributed by atoms with E-state index in [2.05, 4.69) is 48.9 Å². The summed E-state index contributed by atoms with van der Waals surface area (Å²) >= 11 is 0. The molecule has 1 aromatic carbocycles. The lowest BCUT2D eigenvalue weighted by Gasteiger charge is -2.05. The molecule has 2 aromatic heterocycles. The van der Waals surface area contributed by atoms with Gasteiger partial charge in [-0.15, -0.1) is 0 Å². The lowest BCUT2D eigenvalue weighted by atomic mass is 10.1. The van der Waals surface area contributed by atoms with Crippen LogP contribution in [0.5, 0.6) is 0 Å². The third kappa shape index (κ3) is 1.55. The third-order valence-electron chi connectivity index (χ3n) is 3.37. The molecule has 0 spiro atoms. The van der Waals surface area contributed by atoms with Crippen molar-refractivity contribution >= 4 is 21.8 Å². The maximum atomic E-state index is 11.8. The predicted molar refractivity (Wildman–Crippen MR) is 75.3 cm³/mol. The largest absolute Gasteiger partial charge is 0.353 e. The number of aryl methyl sites for hydroxylation is 1. The zero-order chi connectivity index (χ0) is 12.9. The molecule has 92 valence electrons. The van der Waals surface area contributed by atoms with Gasteiger partial charge in [0.15, 0.2) is 0 Å². The highest BCUT2D eigenvalue weighted by molar-refractivity contribution is 6.08. The minimum atomic E-state index is -0.0337. The third-order valence-corrected chi connectivity index (χ3v) is 3.37. The number of hydrogen-bond donors (Lipinski definition) is 2. The van der Waals surface area contributed by atoms with Crippen LogP contribution in [0.1, 0.15) is 31.0 Å². The number of H-pyrrole nitrogens is 2. The van der Waals surface area contributed by atoms with Crippen molar-refractivity contribution in [3.8, 4) is 0 Å². The minimum Gasteiger partial charge on any atom is -0.353 e. The molecule has 0 aliphatic carbocycles. The molecule has 2 N–H and O–H groups in total. The Morgan fingerprint density at radius 3 is 2.56 bits per heavy atom. The van der Waals surface area contributed by atoms with Crippen molar-refractivity contribution in [2.75, 3.05) is 0 Å². The summed E-state index contributed by atoms with van der Waals surface area (Å²) in [7, 11) is 0. The average molecular weight is 240 g/mol. The van der Waals surface area contributed by atoms with Gasteiger partial charge in [-0.05, 0) is 25.0 Å². The van der Waals surface area contributed by atoms with Crippen LogP contribution < -0.4 is 5.56 Å². The van der Waals surface area contributed by atoms with Crippen molar-refractivity contribution in [2.24, 2.45) is 0 Å². The number of hydrogen-bond acceptors (Lipinski definition) is 1. The lowest BCUT2D eigenvalue weighted by molar-refractivity contribution is 0.825. The maximum Gasteiger partial charge on any atom is 0.248 e. The van der Waals surface area contributed by atoms with Crippen LogP contribution in [0, 0.1) is 6.92 Å². The van der Waals surface area contributed by atoms with Crippen molar-refractivity contribution < 1.29 is 0 Å². The molecular formula is C15H16N2O. The second kappa shape index (κ2) is 3.73. The van der Waals surface area contributed by atoms with Gasteiger partial charge in [0.2, 0.25) is 5.56 Å². The Balaban J connectivity index is 2.54. The molecule has 0 fully saturated rings. The van der Waals surface area contributed by atoms with Crippen LogP contribution in [0.4, 0.5) is 0 Å². The maximum absolute atomic E-state index is 11.8. The number of pyridine rings is 1. The van der Waals surface area contributed by atoms with Crippen LogP contribution in [0.3, 0.4) is 0 Å². The summed E-state index contributed by atoms with van der Waals surface area (Å²) in [5.74, 6) is 0.288. The van der Waals surface area contributed by atoms with E-state index < -0.39 is 0 Å². The standard InChI is InChI=1S/C15H16N2O/c1-8(2)14-15-11(7-13(18)17-14)10-6-9(3)4-5-12(10)16-15/h4-8,16H,1-3H3,(H,17,18). The molecule has 3 rings (SSSR count). The molecule has 3 nitrogen and oxygen atoms in total. The van der Waals surface area contributed by atoms with E-state index in [1.54, 1.807) is 6.07 Å². The Bertz CT molecular complexity index is 793. The number of nitrogens with one attached hydrogen (secondary N) is 2. The van der Waals surface area contributed by atoms with Gasteiger partial charge in [0, 0.05) is 28.0 Å². The Labute approximate surface area is 105 Å². The fraction of sp³-hybridized carbons (Fsp3) is 0.267. The topological polar surface area (TPSA) is 48.6 Å². The number of fused-ring (bicyclic) bond motifs is 3. The second-order valence-corrected chi connectivity index (χ2v) is 5.16. The zero-order valence-corrected chi connectivity index (χ0v) is 10.8. The van der Waals surface area contributed by atoms with Gasteiger partial charge < -0.3 is 9.97 Å². The Morgan fingerprint density at radius 1 is 1.06 bits per heavy atom. The SMILES string of the molecule is Cc1ccc2[nH]c3c(C(C)C)[nH]c(=O)cc3c2c1. The summed E-state index contributed by atoms with van der Waals surface area (Å²) in [5, 5.41) is 2.14. The number of aromatic nitrogens is 2. The molecule has 3 heteroatoms. The monoisotopic (exact) mass is 240 g/mol. The second-order valence-electron chi connectivity index (χ2n) is 5.16. The Kier molecular flexibility index (Phi) is 2.30. The van der Waals surface area contributed by atoms with Gasteiger partial charge in [-0.2, -0.15) is 0 Å². The van der Waals surface area contributed by atoms with Crippen LogP contribution >= 0.6 is 0 Å². The first kappa shape index (κ1) is 11.1. The van der Waals surface area contributed by atoms with E-state index >= 15 is 0 Å². The van der Waals surface area contributed by atoms with Crippen LogP contribution in [0.15, 0.2) is 29.1 Å². The molecule has 3 aromatic rings. The quantitative estimate of drug-likeness (QED) is 0.672. The van der Waals surface area contributed by atoms with Gasteiger partial charge in [-0.1, -0.05) is 25.5 Å². The van der Waals surface area contributed by atoms with Gasteiger partial charge in [-0.25, -0.2) is 0 Å². The number of benzene rings is 1. The van der Waals surface area contributed by atoms with Crippen LogP contribution in [0.25, 0.3) is 21.8 Å². The molecule has 0 aliphatic rings. The molecule has 0 aliphatic heterocycles. The van der Waals surface area contributed by atoms with Crippen LogP contribution in [-0.4, -0.2) is 9.97 Å². The highest BCUT2D eigenvalue weighted by atomic mass is 16.1. The van der Waals surface area contributed by atoms with Crippen molar-refractivity contribution in [2.45, 2.75) is 26.7 Å². The summed E-state index contributed by atoms with van der Waals surface area (Å²) in [6.45, 7) is 6.23. The highest BCUT2D eigenvalue weighted by Crippen LogP contribution is 2.29. The van der Waals surface area contributed by atoms with Gasteiger partial charge in [0.1, 0.15) is 0 Å². The molecule has 0 saturated heterocycles. The number of aromatic amines is 2. The first-order chi connectivity index (χ1) is 8.56. The predicted octanol–water partition coefficient (Wildman–Crippen LogP) is 3.44. The van der Waals surface area contributed by atoms with E-state index in [1.807, 2.05) is 0 Å². The van der Waals surface area contributed by atoms with Gasteiger partial charge >= 0.3 is 0 Å². The molecule has 0 unspecified atom stereocenters. The summed E-state index contributed by atoms with van der Waals surface area (Å²) in [6.07, 6.45) is 0. The van der Waals surface area contributed by atoms with Crippen LogP contribution in [0.2, 0.25) is 0 Å². The molecule has 0 atom stereocenters. The van der Waals surface area contributed by atoms with Crippen molar-refractivity contribution in [1.82, 2.24) is 9.97 Å². The fourth-order valence-electron chi connectivity index (χ4n) is 2.48. The van der Waals surface area contributed by atoms with E-state index in [4.69, 9.17) is 0 Å². The van der Waals surface area contributed by atoms with Crippen molar-refractivity contribution in [3.05, 3.63) is 45.9 Å².